The van der Waals surface area contributed by atoms with Crippen LogP contribution in [0.4, 0.5) is 0 Å². The molecule has 1 amide bonds. The van der Waals surface area contributed by atoms with Crippen molar-refractivity contribution in [1.29, 1.82) is 0 Å². The number of aliphatic hydroxyl groups excluding tert-OH is 1. The van der Waals surface area contributed by atoms with Crippen LogP contribution in [0.25, 0.3) is 0 Å². The van der Waals surface area contributed by atoms with Gasteiger partial charge in [-0.15, -0.1) is 0 Å². The molecular formula is C13H16N2O2. The van der Waals surface area contributed by atoms with E-state index in [4.69, 9.17) is 0 Å². The maximum Gasteiger partial charge on any atom is 0.231 e. The first-order valence-electron chi connectivity index (χ1n) is 6.01. The van der Waals surface area contributed by atoms with Crippen LogP contribution >= 0.6 is 0 Å². The highest BCUT2D eigenvalue weighted by atomic mass is 16.3. The van der Waals surface area contributed by atoms with Crippen molar-refractivity contribution in [1.82, 2.24) is 10.2 Å². The summed E-state index contributed by atoms with van der Waals surface area (Å²) >= 11 is 0. The Bertz CT molecular complexity index is 441. The second-order valence-corrected chi connectivity index (χ2v) is 4.78. The third-order valence-corrected chi connectivity index (χ3v) is 3.57. The highest BCUT2D eigenvalue weighted by Crippen LogP contribution is 2.27. The number of hydrogen-bond donors (Lipinski definition) is 2. The molecule has 1 fully saturated rings. The summed E-state index contributed by atoms with van der Waals surface area (Å²) in [5, 5.41) is 12.5. The van der Waals surface area contributed by atoms with Crippen LogP contribution in [0.3, 0.4) is 0 Å². The van der Waals surface area contributed by atoms with E-state index in [1.54, 1.807) is 4.90 Å². The van der Waals surface area contributed by atoms with Gasteiger partial charge in [0.05, 0.1) is 12.0 Å². The summed E-state index contributed by atoms with van der Waals surface area (Å²) < 4.78 is 0. The molecule has 0 spiro atoms. The molecule has 0 aromatic heterocycles. The number of hydrogen-bond acceptors (Lipinski definition) is 3. The molecule has 2 heterocycles. The number of nitrogens with zero attached hydrogens (tertiary/aromatic N) is 1. The quantitative estimate of drug-likeness (QED) is 0.721. The molecule has 4 heteroatoms. The lowest BCUT2D eigenvalue weighted by atomic mass is 9.89. The summed E-state index contributed by atoms with van der Waals surface area (Å²) in [7, 11) is 0. The zero-order valence-electron chi connectivity index (χ0n) is 9.60. The van der Waals surface area contributed by atoms with Crippen LogP contribution in [0.5, 0.6) is 0 Å². The summed E-state index contributed by atoms with van der Waals surface area (Å²) in [5.41, 5.74) is 2.34. The van der Waals surface area contributed by atoms with Gasteiger partial charge in [0.25, 0.3) is 0 Å². The topological polar surface area (TPSA) is 52.6 Å². The number of nitrogens with one attached hydrogen (secondary N) is 1. The second-order valence-electron chi connectivity index (χ2n) is 4.78. The molecule has 3 rings (SSSR count). The fourth-order valence-electron chi connectivity index (χ4n) is 2.57. The number of likely N-dealkylation sites (tertiary alicyclic amines) is 1. The van der Waals surface area contributed by atoms with Crippen molar-refractivity contribution < 1.29 is 9.90 Å². The van der Waals surface area contributed by atoms with Gasteiger partial charge in [-0.05, 0) is 11.1 Å². The predicted molar refractivity (Wildman–Crippen MR) is 63.5 cm³/mol. The molecule has 4 nitrogen and oxygen atoms in total. The maximum atomic E-state index is 12.3. The Kier molecular flexibility index (Phi) is 2.61. The van der Waals surface area contributed by atoms with Crippen molar-refractivity contribution >= 4 is 5.91 Å². The van der Waals surface area contributed by atoms with Crippen molar-refractivity contribution in [3.63, 3.8) is 0 Å². The fraction of sp³-hybridized carbons (Fsp3) is 0.462. The van der Waals surface area contributed by atoms with Crippen LogP contribution in [0.2, 0.25) is 0 Å². The Morgan fingerprint density at radius 3 is 2.88 bits per heavy atom. The van der Waals surface area contributed by atoms with Crippen molar-refractivity contribution in [2.45, 2.75) is 18.6 Å². The maximum absolute atomic E-state index is 12.3. The van der Waals surface area contributed by atoms with Gasteiger partial charge in [-0.25, -0.2) is 0 Å². The summed E-state index contributed by atoms with van der Waals surface area (Å²) in [6.07, 6.45) is -0.328. The van der Waals surface area contributed by atoms with Crippen molar-refractivity contribution in [3.05, 3.63) is 35.4 Å². The van der Waals surface area contributed by atoms with Crippen LogP contribution in [0.1, 0.15) is 17.0 Å². The Morgan fingerprint density at radius 2 is 2.12 bits per heavy atom. The van der Waals surface area contributed by atoms with E-state index in [9.17, 15) is 9.90 Å². The molecule has 0 bridgehead atoms. The van der Waals surface area contributed by atoms with E-state index in [1.165, 1.54) is 5.56 Å². The molecule has 0 radical (unpaired) electrons. The largest absolute Gasteiger partial charge is 0.389 e. The standard InChI is InChI=1S/C13H16N2O2/c16-10-7-15(8-10)13(17)12-6-14-5-9-3-1-2-4-11(9)12/h1-4,10,12,14,16H,5-8H2. The first-order valence-corrected chi connectivity index (χ1v) is 6.01. The van der Waals surface area contributed by atoms with E-state index in [2.05, 4.69) is 11.4 Å². The minimum Gasteiger partial charge on any atom is -0.389 e. The average molecular weight is 232 g/mol. The molecule has 0 saturated carbocycles. The fourth-order valence-corrected chi connectivity index (χ4v) is 2.57. The van der Waals surface area contributed by atoms with E-state index < -0.39 is 0 Å². The number of rotatable bonds is 1. The SMILES string of the molecule is O=C(C1CNCc2ccccc21)N1CC(O)C1. The van der Waals surface area contributed by atoms with Gasteiger partial charge >= 0.3 is 0 Å². The Labute approximate surface area is 100 Å². The van der Waals surface area contributed by atoms with Crippen LogP contribution in [-0.2, 0) is 11.3 Å². The van der Waals surface area contributed by atoms with Gasteiger partial charge in [0.1, 0.15) is 0 Å². The smallest absolute Gasteiger partial charge is 0.231 e. The van der Waals surface area contributed by atoms with E-state index >= 15 is 0 Å². The lowest BCUT2D eigenvalue weighted by molar-refractivity contribution is -0.143. The number of carbonyl (C=O) groups is 1. The highest BCUT2D eigenvalue weighted by molar-refractivity contribution is 5.85. The van der Waals surface area contributed by atoms with Gasteiger partial charge < -0.3 is 15.3 Å². The van der Waals surface area contributed by atoms with Crippen LogP contribution < -0.4 is 5.32 Å². The van der Waals surface area contributed by atoms with Crippen LogP contribution in [0.15, 0.2) is 24.3 Å². The van der Waals surface area contributed by atoms with Gasteiger partial charge in [0.2, 0.25) is 5.91 Å². The van der Waals surface area contributed by atoms with Crippen molar-refractivity contribution in [2.75, 3.05) is 19.6 Å². The monoisotopic (exact) mass is 232 g/mol. The normalized spacial score (nSPS) is 24.1. The van der Waals surface area contributed by atoms with Crippen molar-refractivity contribution in [2.24, 2.45) is 0 Å². The molecule has 1 unspecified atom stereocenters. The van der Waals surface area contributed by atoms with Crippen molar-refractivity contribution in [3.8, 4) is 0 Å². The number of amides is 1. The molecule has 90 valence electrons. The van der Waals surface area contributed by atoms with E-state index in [1.807, 2.05) is 18.2 Å². The van der Waals surface area contributed by atoms with E-state index in [0.717, 1.165) is 12.1 Å². The third-order valence-electron chi connectivity index (χ3n) is 3.57. The predicted octanol–water partition coefficient (Wildman–Crippen LogP) is 0.0765. The molecular weight excluding hydrogens is 216 g/mol. The lowest BCUT2D eigenvalue weighted by Crippen LogP contribution is -2.56. The van der Waals surface area contributed by atoms with Gasteiger partial charge in [-0.1, -0.05) is 24.3 Å². The molecule has 1 aromatic carbocycles. The minimum atomic E-state index is -0.328. The number of aliphatic hydroxyl groups is 1. The van der Waals surface area contributed by atoms with Gasteiger partial charge in [-0.2, -0.15) is 0 Å². The average Bonchev–Trinajstić information content (AvgIpc) is 2.33. The molecule has 1 atom stereocenters. The first-order chi connectivity index (χ1) is 8.25. The van der Waals surface area contributed by atoms with Crippen LogP contribution in [0, 0.1) is 0 Å². The summed E-state index contributed by atoms with van der Waals surface area (Å²) in [5.74, 6) is 0.0439. The molecule has 2 N–H and O–H groups in total. The minimum absolute atomic E-state index is 0.0903. The molecule has 2 aliphatic heterocycles. The number of benzene rings is 1. The number of fused-ring (bicyclic) bond motifs is 1. The second kappa shape index (κ2) is 4.13. The third kappa shape index (κ3) is 1.83. The number of carbonyl (C=O) groups excluding carboxylic acids is 1. The Balaban J connectivity index is 1.83. The molecule has 2 aliphatic rings. The van der Waals surface area contributed by atoms with Crippen LogP contribution in [-0.4, -0.2) is 41.7 Å². The first kappa shape index (κ1) is 10.7. The van der Waals surface area contributed by atoms with E-state index in [0.29, 0.717) is 19.6 Å². The summed E-state index contributed by atoms with van der Waals surface area (Å²) in [4.78, 5) is 14.0. The summed E-state index contributed by atoms with van der Waals surface area (Å²) in [6, 6.07) is 8.08. The zero-order chi connectivity index (χ0) is 11.8. The van der Waals surface area contributed by atoms with E-state index in [-0.39, 0.29) is 17.9 Å². The highest BCUT2D eigenvalue weighted by Gasteiger charge is 2.35. The molecule has 0 aliphatic carbocycles. The van der Waals surface area contributed by atoms with Gasteiger partial charge in [-0.3, -0.25) is 4.79 Å². The lowest BCUT2D eigenvalue weighted by Gasteiger charge is -2.39. The number of β-amino-alcohol motifs (C(OH)–C–C–N with tert-alkyl or cyclic N) is 1. The zero-order valence-corrected chi connectivity index (χ0v) is 9.60. The Hall–Kier alpha value is -1.39. The molecule has 1 aromatic rings. The van der Waals surface area contributed by atoms with Gasteiger partial charge in [0, 0.05) is 26.2 Å². The summed E-state index contributed by atoms with van der Waals surface area (Å²) in [6.45, 7) is 2.50. The van der Waals surface area contributed by atoms with Gasteiger partial charge in [0.15, 0.2) is 0 Å². The molecule has 17 heavy (non-hydrogen) atoms. The molecule has 1 saturated heterocycles. The Morgan fingerprint density at radius 1 is 1.35 bits per heavy atom.